The Labute approximate surface area is 612 Å². The lowest BCUT2D eigenvalue weighted by atomic mass is 9.64. The molecule has 106 heavy (non-hydrogen) atoms. The Hall–Kier alpha value is -12.1. The van der Waals surface area contributed by atoms with E-state index in [0.717, 1.165) is 61.3 Å². The summed E-state index contributed by atoms with van der Waals surface area (Å²) in [5, 5.41) is 19.3. The van der Waals surface area contributed by atoms with Crippen LogP contribution in [0.4, 0.5) is 0 Å². The summed E-state index contributed by atoms with van der Waals surface area (Å²) in [6.45, 7) is 23.3. The van der Waals surface area contributed by atoms with Crippen LogP contribution in [0.2, 0.25) is 0 Å². The molecule has 4 atom stereocenters. The predicted molar refractivity (Wildman–Crippen MR) is 401 cm³/mol. The summed E-state index contributed by atoms with van der Waals surface area (Å²) in [5.41, 5.74) is 17.6. The molecule has 0 spiro atoms. The van der Waals surface area contributed by atoms with Gasteiger partial charge in [-0.1, -0.05) is 49.6 Å². The van der Waals surface area contributed by atoms with Gasteiger partial charge >= 0.3 is 47.8 Å². The van der Waals surface area contributed by atoms with E-state index in [2.05, 4.69) is 13.2 Å². The monoisotopic (exact) mass is 1430 g/mol. The summed E-state index contributed by atoms with van der Waals surface area (Å²) in [7, 11) is 7.72. The molecule has 24 nitrogen and oxygen atoms in total. The van der Waals surface area contributed by atoms with Gasteiger partial charge in [0.1, 0.15) is 11.8 Å². The average Bonchev–Trinajstić information content (AvgIpc) is 1.53. The number of ether oxygens (including phenoxy) is 6. The Balaban J connectivity index is 0.000000212. The Bertz CT molecular complexity index is 5070. The number of fused-ring (bicyclic) bond motifs is 14. The second-order valence-electron chi connectivity index (χ2n) is 26.8. The first-order valence-corrected chi connectivity index (χ1v) is 34.2. The van der Waals surface area contributed by atoms with Gasteiger partial charge in [-0.15, -0.1) is 0 Å². The van der Waals surface area contributed by atoms with Gasteiger partial charge in [0.2, 0.25) is 0 Å². The van der Waals surface area contributed by atoms with Crippen LogP contribution in [0.5, 0.6) is 0 Å². The lowest BCUT2D eigenvalue weighted by Crippen LogP contribution is -2.41. The number of methoxy groups -OCH3 is 6. The fraction of sp³-hybridized carbons (Fsp3) is 0.317. The summed E-state index contributed by atoms with van der Waals surface area (Å²) in [5.74, 6) is -7.52. The molecule has 0 radical (unpaired) electrons. The van der Waals surface area contributed by atoms with Crippen molar-refractivity contribution in [2.45, 2.75) is 107 Å². The topological polar surface area (TPSA) is 331 Å². The fourth-order valence-electron chi connectivity index (χ4n) is 15.1. The molecule has 0 aromatic heterocycles. The van der Waals surface area contributed by atoms with Crippen LogP contribution in [-0.4, -0.2) is 146 Å². The van der Waals surface area contributed by atoms with Crippen molar-refractivity contribution >= 4 is 93.4 Å². The summed E-state index contributed by atoms with van der Waals surface area (Å²) in [6.07, 6.45) is 25.9. The quantitative estimate of drug-likeness (QED) is 0.0951. The molecular weight excluding hydrogens is 1350 g/mol. The van der Waals surface area contributed by atoms with Crippen molar-refractivity contribution in [3.63, 3.8) is 0 Å². The molecule has 16 bridgehead atoms. The van der Waals surface area contributed by atoms with Crippen molar-refractivity contribution in [2.24, 2.45) is 62.6 Å². The van der Waals surface area contributed by atoms with Gasteiger partial charge in [-0.2, -0.15) is 0 Å². The molecule has 544 valence electrons. The first-order valence-electron chi connectivity index (χ1n) is 34.2. The van der Waals surface area contributed by atoms with Crippen molar-refractivity contribution in [3.05, 3.63) is 233 Å². The number of carbonyl (C=O) groups is 8. The van der Waals surface area contributed by atoms with Crippen molar-refractivity contribution in [1.82, 2.24) is 0 Å². The third-order valence-corrected chi connectivity index (χ3v) is 21.1. The van der Waals surface area contributed by atoms with E-state index in [0.29, 0.717) is 121 Å². The number of carbonyl (C=O) groups excluding carboxylic acids is 6. The maximum atomic E-state index is 13.7. The molecule has 4 unspecified atom stereocenters. The van der Waals surface area contributed by atoms with E-state index in [1.54, 1.807) is 48.6 Å². The predicted octanol–water partition coefficient (Wildman–Crippen LogP) is 12.3. The van der Waals surface area contributed by atoms with E-state index in [1.807, 2.05) is 91.8 Å². The van der Waals surface area contributed by atoms with Crippen LogP contribution in [0.3, 0.4) is 0 Å². The van der Waals surface area contributed by atoms with Gasteiger partial charge in [0.25, 0.3) is 0 Å². The SMILES string of the molecule is C=CC1=C(C)C2=CC3=NC(=CC4=NC(=CC5=NC(=CC1=N2)C(C)=C5CCC(=O)O)C(CCC(=O)OC)=C4C)C1(C)C3=CC=C(C(=O)OC)C1C(=O)OC.C=CC1=C(C)C2=CC3=NC(=CC4=NC(=CC5=NC(=CC1=N2)C(C)=C5CCC(=O)OC)C(CCC(=O)O)=C4C)C1(C)C3=CC=C(C(=O)OC)C1C(=O)OC. The largest absolute Gasteiger partial charge is 0.481 e. The highest BCUT2D eigenvalue weighted by Crippen LogP contribution is 2.57. The van der Waals surface area contributed by atoms with Gasteiger partial charge in [-0.3, -0.25) is 38.8 Å². The maximum Gasteiger partial charge on any atom is 0.334 e. The molecule has 2 N–H and O–H groups in total. The molecule has 0 aromatic rings. The molecule has 12 aliphatic rings. The summed E-state index contributed by atoms with van der Waals surface area (Å²) in [4.78, 5) is 142. The zero-order chi connectivity index (χ0) is 76.7. The number of carboxylic acids is 2. The summed E-state index contributed by atoms with van der Waals surface area (Å²) < 4.78 is 30.6. The third-order valence-electron chi connectivity index (χ3n) is 21.1. The van der Waals surface area contributed by atoms with E-state index in [1.165, 1.54) is 42.7 Å². The van der Waals surface area contributed by atoms with E-state index in [9.17, 15) is 48.6 Å². The summed E-state index contributed by atoms with van der Waals surface area (Å²) in [6, 6.07) is 0. The molecule has 0 aromatic carbocycles. The van der Waals surface area contributed by atoms with Crippen molar-refractivity contribution in [3.8, 4) is 0 Å². The molecule has 10 heterocycles. The second kappa shape index (κ2) is 29.9. The minimum Gasteiger partial charge on any atom is -0.481 e. The smallest absolute Gasteiger partial charge is 0.334 e. The number of esters is 6. The van der Waals surface area contributed by atoms with Crippen LogP contribution < -0.4 is 0 Å². The number of hydrogen-bond acceptors (Lipinski definition) is 22. The minimum absolute atomic E-state index is 0.0895. The van der Waals surface area contributed by atoms with Gasteiger partial charge in [0, 0.05) is 36.8 Å². The van der Waals surface area contributed by atoms with E-state index in [-0.39, 0.29) is 61.6 Å². The number of aliphatic imine (C=N–C) groups is 8. The highest BCUT2D eigenvalue weighted by Gasteiger charge is 2.57. The number of hydrogen-bond donors (Lipinski definition) is 2. The van der Waals surface area contributed by atoms with E-state index < -0.39 is 58.5 Å². The number of carboxylic acid groups (broad SMARTS) is 2. The minimum atomic E-state index is -1.21. The Morgan fingerprint density at radius 2 is 0.698 bits per heavy atom. The maximum absolute atomic E-state index is 13.7. The number of nitrogens with zero attached hydrogens (tertiary/aromatic N) is 8. The molecule has 0 amide bonds. The molecule has 10 aliphatic heterocycles. The standard InChI is InChI=1S/2C41H40N4O8/c1-9-23-20(2)29-17-34-27-13-10-26(39(49)52-7)38(40(50)53-8)41(27,5)35(45-34)19-30-22(4)24(11-14-36(46)47)32(44-30)18-33-25(12-15-37(48)51-6)21(3)28(43-33)16-31(23)42-29;1-9-23-20(2)29-17-34-27-13-10-26(39(49)52-7)38(40(50)53-8)41(27,5)35(45-34)19-30-22(4)25(12-15-37(48)51-6)33(44-30)18-32-24(11-14-36(46)47)21(3)28(43-32)16-31(23)42-29/h2*9-10,13,16-19,38H,1,11-12,14-15H2,2-8H3,(H,46,47). The van der Waals surface area contributed by atoms with Crippen LogP contribution in [0.15, 0.2) is 273 Å². The van der Waals surface area contributed by atoms with Gasteiger partial charge in [0.05, 0.1) is 156 Å². The summed E-state index contributed by atoms with van der Waals surface area (Å²) >= 11 is 0. The Morgan fingerprint density at radius 3 is 1.05 bits per heavy atom. The molecule has 0 saturated carbocycles. The zero-order valence-corrected chi connectivity index (χ0v) is 61.5. The van der Waals surface area contributed by atoms with Gasteiger partial charge in [0.15, 0.2) is 0 Å². The zero-order valence-electron chi connectivity index (χ0n) is 61.5. The highest BCUT2D eigenvalue weighted by molar-refractivity contribution is 6.24. The number of allylic oxidation sites excluding steroid dienone is 28. The lowest BCUT2D eigenvalue weighted by Gasteiger charge is -2.37. The molecule has 2 aliphatic carbocycles. The van der Waals surface area contributed by atoms with Crippen LogP contribution in [0.1, 0.15) is 107 Å². The molecule has 0 fully saturated rings. The molecule has 24 heteroatoms. The fourth-order valence-corrected chi connectivity index (χ4v) is 15.1. The molecule has 0 saturated heterocycles. The van der Waals surface area contributed by atoms with Crippen molar-refractivity contribution in [1.29, 1.82) is 0 Å². The van der Waals surface area contributed by atoms with Crippen LogP contribution in [0, 0.1) is 22.7 Å². The van der Waals surface area contributed by atoms with Crippen LogP contribution in [-0.2, 0) is 66.8 Å². The molecule has 12 rings (SSSR count). The van der Waals surface area contributed by atoms with E-state index in [4.69, 9.17) is 68.4 Å². The van der Waals surface area contributed by atoms with Gasteiger partial charge in [-0.05, 0) is 197 Å². The Morgan fingerprint density at radius 1 is 0.377 bits per heavy atom. The highest BCUT2D eigenvalue weighted by atomic mass is 16.5. The number of aliphatic carboxylic acids is 2. The molecular formula is C82H80N8O16. The van der Waals surface area contributed by atoms with Gasteiger partial charge in [-0.25, -0.2) is 39.5 Å². The first-order chi connectivity index (χ1) is 50.5. The Kier molecular flexibility index (Phi) is 21.2. The van der Waals surface area contributed by atoms with Crippen LogP contribution >= 0.6 is 0 Å². The van der Waals surface area contributed by atoms with Gasteiger partial charge < -0.3 is 38.6 Å². The normalized spacial score (nSPS) is 23.0. The first kappa shape index (κ1) is 75.1. The lowest BCUT2D eigenvalue weighted by molar-refractivity contribution is -0.150. The van der Waals surface area contributed by atoms with Crippen LogP contribution in [0.25, 0.3) is 0 Å². The van der Waals surface area contributed by atoms with Crippen molar-refractivity contribution in [2.75, 3.05) is 42.7 Å². The second-order valence-corrected chi connectivity index (χ2v) is 26.8. The third kappa shape index (κ3) is 13.4. The average molecular weight is 1430 g/mol. The van der Waals surface area contributed by atoms with E-state index >= 15 is 0 Å². The number of rotatable bonds is 18. The van der Waals surface area contributed by atoms with Crippen molar-refractivity contribution < 1.29 is 77.0 Å².